The lowest BCUT2D eigenvalue weighted by Crippen LogP contribution is -2.18. The molecule has 0 aliphatic heterocycles. The van der Waals surface area contributed by atoms with Gasteiger partial charge in [0.2, 0.25) is 0 Å². The van der Waals surface area contributed by atoms with E-state index in [2.05, 4.69) is 15.0 Å². The number of ether oxygens (including phenoxy) is 1. The fourth-order valence-electron chi connectivity index (χ4n) is 3.25. The number of H-pyrrole nitrogens is 1. The molecule has 0 saturated heterocycles. The molecule has 150 valence electrons. The number of nitrogens with one attached hydrogen (secondary N) is 1. The van der Waals surface area contributed by atoms with Gasteiger partial charge in [-0.2, -0.15) is 0 Å². The van der Waals surface area contributed by atoms with Gasteiger partial charge in [0.15, 0.2) is 5.75 Å². The minimum atomic E-state index is -0.923. The van der Waals surface area contributed by atoms with E-state index in [1.165, 1.54) is 0 Å². The van der Waals surface area contributed by atoms with Crippen molar-refractivity contribution in [3.8, 4) is 22.6 Å². The van der Waals surface area contributed by atoms with Crippen LogP contribution in [0.2, 0.25) is 0 Å². The Morgan fingerprint density at radius 2 is 1.87 bits per heavy atom. The smallest absolute Gasteiger partial charge is 0.291 e. The molecule has 1 aromatic carbocycles. The molecule has 0 unspecified atom stereocenters. The van der Waals surface area contributed by atoms with Gasteiger partial charge in [-0.1, -0.05) is 12.1 Å². The number of carbonyl (C=O) groups is 1. The summed E-state index contributed by atoms with van der Waals surface area (Å²) in [4.78, 5) is 34.9. The first-order valence-electron chi connectivity index (χ1n) is 9.10. The normalized spacial score (nSPS) is 10.8. The fourth-order valence-corrected chi connectivity index (χ4v) is 3.25. The van der Waals surface area contributed by atoms with Crippen molar-refractivity contribution in [2.75, 3.05) is 7.11 Å². The molecule has 3 aromatic heterocycles. The number of primary amides is 1. The number of hydrogen-bond donors (Lipinski definition) is 3. The third-order valence-electron chi connectivity index (χ3n) is 4.74. The molecule has 30 heavy (non-hydrogen) atoms. The highest BCUT2D eigenvalue weighted by Crippen LogP contribution is 2.24. The molecule has 0 saturated carbocycles. The van der Waals surface area contributed by atoms with Gasteiger partial charge in [0, 0.05) is 24.0 Å². The zero-order chi connectivity index (χ0) is 21.3. The van der Waals surface area contributed by atoms with Crippen LogP contribution in [0.1, 0.15) is 21.7 Å². The molecule has 4 rings (SSSR count). The van der Waals surface area contributed by atoms with E-state index >= 15 is 0 Å². The van der Waals surface area contributed by atoms with Crippen molar-refractivity contribution in [1.82, 2.24) is 15.0 Å². The lowest BCUT2D eigenvalue weighted by atomic mass is 10.0. The number of methoxy groups -OCH3 is 1. The highest BCUT2D eigenvalue weighted by atomic mass is 16.5. The monoisotopic (exact) mass is 402 g/mol. The molecular weight excluding hydrogens is 384 g/mol. The van der Waals surface area contributed by atoms with E-state index in [0.717, 1.165) is 22.6 Å². The second kappa shape index (κ2) is 7.67. The first kappa shape index (κ1) is 19.1. The molecule has 3 heterocycles. The third kappa shape index (κ3) is 3.58. The molecule has 0 fully saturated rings. The Morgan fingerprint density at radius 1 is 1.10 bits per heavy atom. The summed E-state index contributed by atoms with van der Waals surface area (Å²) in [6, 6.07) is 14.9. The van der Waals surface area contributed by atoms with E-state index in [9.17, 15) is 14.7 Å². The van der Waals surface area contributed by atoms with E-state index in [0.29, 0.717) is 17.6 Å². The SMILES string of the molecule is COc1ccc(-c2ccnc(Cc3ccc4[nH]c(=O)c(O)c(C(N)=O)c4n3)c2)cc1. The molecule has 0 spiro atoms. The van der Waals surface area contributed by atoms with E-state index in [1.807, 2.05) is 36.4 Å². The molecule has 0 bridgehead atoms. The average molecular weight is 402 g/mol. The van der Waals surface area contributed by atoms with E-state index in [-0.39, 0.29) is 11.1 Å². The van der Waals surface area contributed by atoms with Crippen molar-refractivity contribution in [2.45, 2.75) is 6.42 Å². The highest BCUT2D eigenvalue weighted by molar-refractivity contribution is 6.06. The quantitative estimate of drug-likeness (QED) is 0.470. The minimum absolute atomic E-state index is 0.142. The first-order chi connectivity index (χ1) is 14.5. The summed E-state index contributed by atoms with van der Waals surface area (Å²) in [7, 11) is 1.62. The van der Waals surface area contributed by atoms with E-state index < -0.39 is 17.2 Å². The summed E-state index contributed by atoms with van der Waals surface area (Å²) in [5.41, 5.74) is 8.10. The molecule has 4 aromatic rings. The maximum absolute atomic E-state index is 11.8. The minimum Gasteiger partial charge on any atom is -0.502 e. The van der Waals surface area contributed by atoms with Crippen LogP contribution < -0.4 is 16.0 Å². The number of aromatic hydroxyl groups is 1. The molecule has 0 atom stereocenters. The van der Waals surface area contributed by atoms with Crippen molar-refractivity contribution in [3.05, 3.63) is 82.0 Å². The molecule has 8 nitrogen and oxygen atoms in total. The number of amides is 1. The number of nitrogens with two attached hydrogens (primary N) is 1. The van der Waals surface area contributed by atoms with Gasteiger partial charge in [-0.05, 0) is 47.5 Å². The van der Waals surface area contributed by atoms with Crippen LogP contribution in [0.3, 0.4) is 0 Å². The molecule has 8 heteroatoms. The van der Waals surface area contributed by atoms with Gasteiger partial charge in [-0.25, -0.2) is 4.98 Å². The number of carbonyl (C=O) groups excluding carboxylic acids is 1. The number of nitrogens with zero attached hydrogens (tertiary/aromatic N) is 2. The van der Waals surface area contributed by atoms with Gasteiger partial charge in [-0.15, -0.1) is 0 Å². The Labute approximate surface area is 171 Å². The Bertz CT molecular complexity index is 1310. The fraction of sp³-hybridized carbons (Fsp3) is 0.0909. The topological polar surface area (TPSA) is 131 Å². The maximum atomic E-state index is 11.8. The van der Waals surface area contributed by atoms with E-state index in [4.69, 9.17) is 10.5 Å². The number of fused-ring (bicyclic) bond motifs is 1. The lowest BCUT2D eigenvalue weighted by molar-refractivity contribution is 0.0999. The summed E-state index contributed by atoms with van der Waals surface area (Å²) in [5.74, 6) is -0.882. The summed E-state index contributed by atoms with van der Waals surface area (Å²) in [6.07, 6.45) is 2.10. The number of rotatable bonds is 5. The lowest BCUT2D eigenvalue weighted by Gasteiger charge is -2.08. The Balaban J connectivity index is 1.70. The zero-order valence-electron chi connectivity index (χ0n) is 16.0. The largest absolute Gasteiger partial charge is 0.502 e. The third-order valence-corrected chi connectivity index (χ3v) is 4.74. The Hall–Kier alpha value is -4.20. The van der Waals surface area contributed by atoms with Crippen molar-refractivity contribution in [3.63, 3.8) is 0 Å². The number of benzene rings is 1. The number of hydrogen-bond acceptors (Lipinski definition) is 6. The van der Waals surface area contributed by atoms with Crippen LogP contribution in [-0.2, 0) is 6.42 Å². The van der Waals surface area contributed by atoms with Crippen LogP contribution in [0.4, 0.5) is 0 Å². The van der Waals surface area contributed by atoms with Gasteiger partial charge < -0.3 is 20.6 Å². The van der Waals surface area contributed by atoms with Crippen molar-refractivity contribution < 1.29 is 14.6 Å². The second-order valence-corrected chi connectivity index (χ2v) is 6.68. The predicted octanol–water partition coefficient (Wildman–Crippen LogP) is 2.39. The molecule has 0 radical (unpaired) electrons. The predicted molar refractivity (Wildman–Crippen MR) is 112 cm³/mol. The van der Waals surface area contributed by atoms with Crippen molar-refractivity contribution in [2.24, 2.45) is 5.73 Å². The molecular formula is C22H18N4O4. The van der Waals surface area contributed by atoms with Gasteiger partial charge in [0.1, 0.15) is 16.8 Å². The van der Waals surface area contributed by atoms with Crippen LogP contribution in [0.5, 0.6) is 11.5 Å². The van der Waals surface area contributed by atoms with Gasteiger partial charge in [0.05, 0.1) is 12.6 Å². The van der Waals surface area contributed by atoms with Gasteiger partial charge in [-0.3, -0.25) is 14.6 Å². The molecule has 0 aliphatic rings. The molecule has 0 aliphatic carbocycles. The molecule has 1 amide bonds. The first-order valence-corrected chi connectivity index (χ1v) is 9.10. The average Bonchev–Trinajstić information content (AvgIpc) is 2.75. The van der Waals surface area contributed by atoms with Gasteiger partial charge >= 0.3 is 0 Å². The van der Waals surface area contributed by atoms with E-state index in [1.54, 1.807) is 25.4 Å². The highest BCUT2D eigenvalue weighted by Gasteiger charge is 2.18. The van der Waals surface area contributed by atoms with Crippen molar-refractivity contribution >= 4 is 16.9 Å². The van der Waals surface area contributed by atoms with Crippen LogP contribution >= 0.6 is 0 Å². The number of aromatic nitrogens is 3. The summed E-state index contributed by atoms with van der Waals surface area (Å²) in [6.45, 7) is 0. The van der Waals surface area contributed by atoms with Crippen LogP contribution in [-0.4, -0.2) is 33.1 Å². The van der Waals surface area contributed by atoms with Crippen LogP contribution in [0, 0.1) is 0 Å². The van der Waals surface area contributed by atoms with Crippen LogP contribution in [0.15, 0.2) is 59.5 Å². The Kier molecular flexibility index (Phi) is 4.89. The van der Waals surface area contributed by atoms with Crippen molar-refractivity contribution in [1.29, 1.82) is 0 Å². The molecule has 4 N–H and O–H groups in total. The number of aromatic amines is 1. The standard InChI is InChI=1S/C22H18N4O4/c1-30-16-5-2-12(3-6-16)13-8-9-24-15(10-13)11-14-4-7-17-19(25-14)18(21(23)28)20(27)22(29)26-17/h2-10,27H,11H2,1H3,(H2,23,28)(H,26,29). The maximum Gasteiger partial charge on any atom is 0.291 e. The summed E-state index contributed by atoms with van der Waals surface area (Å²) in [5, 5.41) is 9.94. The second-order valence-electron chi connectivity index (χ2n) is 6.68. The van der Waals surface area contributed by atoms with Crippen LogP contribution in [0.25, 0.3) is 22.2 Å². The van der Waals surface area contributed by atoms with Gasteiger partial charge in [0.25, 0.3) is 11.5 Å². The zero-order valence-corrected chi connectivity index (χ0v) is 16.0. The summed E-state index contributed by atoms with van der Waals surface area (Å²) < 4.78 is 5.19. The number of pyridine rings is 3. The summed E-state index contributed by atoms with van der Waals surface area (Å²) >= 11 is 0. The Morgan fingerprint density at radius 3 is 2.57 bits per heavy atom.